The van der Waals surface area contributed by atoms with E-state index in [1.807, 2.05) is 32.0 Å². The number of piperazine rings is 1. The van der Waals surface area contributed by atoms with Gasteiger partial charge in [-0.3, -0.25) is 9.59 Å². The van der Waals surface area contributed by atoms with E-state index in [0.29, 0.717) is 44.8 Å². The summed E-state index contributed by atoms with van der Waals surface area (Å²) in [5.74, 6) is -0.114. The number of amides is 2. The zero-order valence-electron chi connectivity index (χ0n) is 17.6. The van der Waals surface area contributed by atoms with E-state index in [-0.39, 0.29) is 23.5 Å². The summed E-state index contributed by atoms with van der Waals surface area (Å²) >= 11 is 0. The Morgan fingerprint density at radius 2 is 1.59 bits per heavy atom. The molecular formula is C21H31N3O4S. The van der Waals surface area contributed by atoms with E-state index in [4.69, 9.17) is 0 Å². The smallest absolute Gasteiger partial charge is 0.253 e. The number of piperidine rings is 1. The van der Waals surface area contributed by atoms with Crippen molar-refractivity contribution in [3.8, 4) is 0 Å². The number of nitrogens with zero attached hydrogens (tertiary/aromatic N) is 3. The molecule has 1 atom stereocenters. The van der Waals surface area contributed by atoms with E-state index in [2.05, 4.69) is 0 Å². The Balaban J connectivity index is 1.62. The van der Waals surface area contributed by atoms with Gasteiger partial charge >= 0.3 is 0 Å². The van der Waals surface area contributed by atoms with Gasteiger partial charge in [0.2, 0.25) is 15.9 Å². The Hall–Kier alpha value is -1.93. The fourth-order valence-electron chi connectivity index (χ4n) is 4.27. The van der Waals surface area contributed by atoms with E-state index in [1.54, 1.807) is 16.7 Å². The van der Waals surface area contributed by atoms with Gasteiger partial charge in [0.1, 0.15) is 0 Å². The van der Waals surface area contributed by atoms with Crippen LogP contribution in [0.2, 0.25) is 0 Å². The largest absolute Gasteiger partial charge is 0.340 e. The molecule has 2 aliphatic rings. The molecule has 0 aliphatic carbocycles. The number of hydrogen-bond acceptors (Lipinski definition) is 4. The number of sulfonamides is 1. The molecule has 0 N–H and O–H groups in total. The van der Waals surface area contributed by atoms with Gasteiger partial charge in [0, 0.05) is 44.8 Å². The molecule has 2 saturated heterocycles. The number of carbonyl (C=O) groups is 2. The van der Waals surface area contributed by atoms with Crippen LogP contribution in [-0.4, -0.2) is 79.4 Å². The molecule has 2 fully saturated rings. The van der Waals surface area contributed by atoms with E-state index in [9.17, 15) is 18.0 Å². The predicted octanol–water partition coefficient (Wildman–Crippen LogP) is 1.65. The van der Waals surface area contributed by atoms with E-state index in [0.717, 1.165) is 24.0 Å². The third-order valence-corrected chi connectivity index (χ3v) is 7.72. The maximum absolute atomic E-state index is 13.0. The van der Waals surface area contributed by atoms with E-state index < -0.39 is 10.0 Å². The van der Waals surface area contributed by atoms with Crippen molar-refractivity contribution in [2.24, 2.45) is 5.92 Å². The minimum Gasteiger partial charge on any atom is -0.340 e. The van der Waals surface area contributed by atoms with Crippen LogP contribution in [0.15, 0.2) is 18.2 Å². The molecule has 8 heteroatoms. The molecule has 29 heavy (non-hydrogen) atoms. The molecule has 0 radical (unpaired) electrons. The molecular weight excluding hydrogens is 390 g/mol. The second kappa shape index (κ2) is 8.83. The second-order valence-corrected chi connectivity index (χ2v) is 10.3. The highest BCUT2D eigenvalue weighted by Crippen LogP contribution is 2.22. The van der Waals surface area contributed by atoms with Gasteiger partial charge in [-0.1, -0.05) is 17.2 Å². The van der Waals surface area contributed by atoms with Crippen LogP contribution in [0.4, 0.5) is 0 Å². The highest BCUT2D eigenvalue weighted by atomic mass is 32.2. The summed E-state index contributed by atoms with van der Waals surface area (Å²) in [6.45, 7) is 8.21. The van der Waals surface area contributed by atoms with Crippen LogP contribution in [0.25, 0.3) is 0 Å². The molecule has 1 aromatic rings. The molecule has 3 rings (SSSR count). The minimum atomic E-state index is -3.21. The standard InChI is InChI=1S/C21H31N3O4S/c1-4-29(27,28)24-10-8-22(9-11-24)20(25)18-6-5-7-23(15-18)21(26)19-13-16(2)12-17(3)14-19/h12-14,18H,4-11,15H2,1-3H3. The molecule has 1 unspecified atom stereocenters. The number of carbonyl (C=O) groups excluding carboxylic acids is 2. The van der Waals surface area contributed by atoms with Crippen molar-refractivity contribution in [3.63, 3.8) is 0 Å². The molecule has 2 heterocycles. The van der Waals surface area contributed by atoms with Gasteiger partial charge < -0.3 is 9.80 Å². The first-order valence-corrected chi connectivity index (χ1v) is 12.0. The van der Waals surface area contributed by atoms with Crippen molar-refractivity contribution in [1.82, 2.24) is 14.1 Å². The fraction of sp³-hybridized carbons (Fsp3) is 0.619. The molecule has 2 amide bonds. The maximum Gasteiger partial charge on any atom is 0.253 e. The highest BCUT2D eigenvalue weighted by Gasteiger charge is 2.34. The zero-order valence-corrected chi connectivity index (χ0v) is 18.4. The average Bonchev–Trinajstić information content (AvgIpc) is 2.72. The molecule has 7 nitrogen and oxygen atoms in total. The molecule has 0 spiro atoms. The van der Waals surface area contributed by atoms with E-state index >= 15 is 0 Å². The van der Waals surface area contributed by atoms with Crippen molar-refractivity contribution in [1.29, 1.82) is 0 Å². The zero-order chi connectivity index (χ0) is 21.2. The lowest BCUT2D eigenvalue weighted by atomic mass is 9.95. The quantitative estimate of drug-likeness (QED) is 0.741. The second-order valence-electron chi connectivity index (χ2n) is 8.09. The van der Waals surface area contributed by atoms with Crippen molar-refractivity contribution in [2.75, 3.05) is 45.0 Å². The first-order valence-electron chi connectivity index (χ1n) is 10.4. The summed E-state index contributed by atoms with van der Waals surface area (Å²) in [6, 6.07) is 5.83. The lowest BCUT2D eigenvalue weighted by molar-refractivity contribution is -0.138. The summed E-state index contributed by atoms with van der Waals surface area (Å²) in [6.07, 6.45) is 1.57. The van der Waals surface area contributed by atoms with Gasteiger partial charge in [0.25, 0.3) is 5.91 Å². The molecule has 1 aromatic carbocycles. The summed E-state index contributed by atoms with van der Waals surface area (Å²) in [5.41, 5.74) is 2.78. The number of hydrogen-bond donors (Lipinski definition) is 0. The van der Waals surface area contributed by atoms with Crippen LogP contribution in [0.3, 0.4) is 0 Å². The first kappa shape index (κ1) is 21.8. The van der Waals surface area contributed by atoms with Crippen molar-refractivity contribution < 1.29 is 18.0 Å². The third kappa shape index (κ3) is 4.98. The average molecular weight is 422 g/mol. The molecule has 0 saturated carbocycles. The van der Waals surface area contributed by atoms with Crippen LogP contribution < -0.4 is 0 Å². The van der Waals surface area contributed by atoms with Crippen molar-refractivity contribution >= 4 is 21.8 Å². The highest BCUT2D eigenvalue weighted by molar-refractivity contribution is 7.89. The number of aryl methyl sites for hydroxylation is 2. The van der Waals surface area contributed by atoms with Crippen LogP contribution in [0.1, 0.15) is 41.3 Å². The van der Waals surface area contributed by atoms with Crippen molar-refractivity contribution in [3.05, 3.63) is 34.9 Å². The van der Waals surface area contributed by atoms with Gasteiger partial charge in [-0.05, 0) is 45.7 Å². The lowest BCUT2D eigenvalue weighted by Gasteiger charge is -2.38. The van der Waals surface area contributed by atoms with Crippen LogP contribution in [-0.2, 0) is 14.8 Å². The number of benzene rings is 1. The number of rotatable bonds is 4. The van der Waals surface area contributed by atoms with Gasteiger partial charge in [0.15, 0.2) is 0 Å². The Kier molecular flexibility index (Phi) is 6.63. The summed E-state index contributed by atoms with van der Waals surface area (Å²) < 4.78 is 25.5. The van der Waals surface area contributed by atoms with E-state index in [1.165, 1.54) is 4.31 Å². The fourth-order valence-corrected chi connectivity index (χ4v) is 5.36. The van der Waals surface area contributed by atoms with Gasteiger partial charge in [-0.2, -0.15) is 4.31 Å². The summed E-state index contributed by atoms with van der Waals surface area (Å²) in [5, 5.41) is 0. The van der Waals surface area contributed by atoms with Gasteiger partial charge in [0.05, 0.1) is 11.7 Å². The van der Waals surface area contributed by atoms with Gasteiger partial charge in [-0.25, -0.2) is 8.42 Å². The van der Waals surface area contributed by atoms with Crippen LogP contribution >= 0.6 is 0 Å². The third-order valence-electron chi connectivity index (χ3n) is 5.83. The van der Waals surface area contributed by atoms with Gasteiger partial charge in [-0.15, -0.1) is 0 Å². The Morgan fingerprint density at radius 1 is 0.966 bits per heavy atom. The first-order chi connectivity index (χ1) is 13.7. The Labute approximate surface area is 173 Å². The minimum absolute atomic E-state index is 0.0202. The molecule has 2 aliphatic heterocycles. The summed E-state index contributed by atoms with van der Waals surface area (Å²) in [4.78, 5) is 29.5. The lowest BCUT2D eigenvalue weighted by Crippen LogP contribution is -2.54. The molecule has 0 bridgehead atoms. The topological polar surface area (TPSA) is 78.0 Å². The SMILES string of the molecule is CCS(=O)(=O)N1CCN(C(=O)C2CCCN(C(=O)c3cc(C)cc(C)c3)C2)CC1. The van der Waals surface area contributed by atoms with Crippen LogP contribution in [0.5, 0.6) is 0 Å². The maximum atomic E-state index is 13.0. The molecule has 0 aromatic heterocycles. The van der Waals surface area contributed by atoms with Crippen LogP contribution in [0, 0.1) is 19.8 Å². The monoisotopic (exact) mass is 421 g/mol. The number of likely N-dealkylation sites (tertiary alicyclic amines) is 1. The van der Waals surface area contributed by atoms with Crippen molar-refractivity contribution in [2.45, 2.75) is 33.6 Å². The summed E-state index contributed by atoms with van der Waals surface area (Å²) in [7, 11) is -3.21. The Bertz CT molecular complexity index is 856. The predicted molar refractivity (Wildman–Crippen MR) is 112 cm³/mol. The Morgan fingerprint density at radius 3 is 2.17 bits per heavy atom. The normalized spacial score (nSPS) is 21.3. The molecule has 160 valence electrons.